The molecule has 0 atom stereocenters. The number of hydrogen-bond acceptors (Lipinski definition) is 5. The van der Waals surface area contributed by atoms with Crippen LogP contribution in [0.15, 0.2) is 23.4 Å². The Morgan fingerprint density at radius 1 is 1.32 bits per heavy atom. The van der Waals surface area contributed by atoms with Crippen molar-refractivity contribution in [3.8, 4) is 11.5 Å². The van der Waals surface area contributed by atoms with E-state index in [0.717, 1.165) is 0 Å². The maximum atomic E-state index is 11.9. The van der Waals surface area contributed by atoms with Gasteiger partial charge < -0.3 is 25.7 Å². The topological polar surface area (TPSA) is 106 Å². The molecule has 1 amide bonds. The molecule has 1 rings (SSSR count). The number of rotatable bonds is 6. The molecule has 19 heavy (non-hydrogen) atoms. The summed E-state index contributed by atoms with van der Waals surface area (Å²) in [4.78, 5) is 11.9. The van der Waals surface area contributed by atoms with Crippen molar-refractivity contribution < 1.29 is 19.5 Å². The second-order valence-corrected chi connectivity index (χ2v) is 3.70. The average molecular weight is 267 g/mol. The van der Waals surface area contributed by atoms with Crippen molar-refractivity contribution in [1.29, 1.82) is 0 Å². The summed E-state index contributed by atoms with van der Waals surface area (Å²) in [6.07, 6.45) is 0.267. The highest BCUT2D eigenvalue weighted by atomic mass is 16.5. The second kappa shape index (κ2) is 7.10. The van der Waals surface area contributed by atoms with Crippen molar-refractivity contribution in [3.05, 3.63) is 23.8 Å². The first kappa shape index (κ1) is 14.6. The summed E-state index contributed by atoms with van der Waals surface area (Å²) in [6.45, 7) is 0.272. The SMILES string of the molecule is COc1cc(OC)cc(C(=O)NCCC(N)=NO)c1. The number of nitrogens with two attached hydrogens (primary N) is 1. The van der Waals surface area contributed by atoms with Gasteiger partial charge in [0, 0.05) is 24.6 Å². The van der Waals surface area contributed by atoms with E-state index in [4.69, 9.17) is 20.4 Å². The number of methoxy groups -OCH3 is 2. The van der Waals surface area contributed by atoms with Crippen molar-refractivity contribution in [2.75, 3.05) is 20.8 Å². The summed E-state index contributed by atoms with van der Waals surface area (Å²) in [5, 5.41) is 13.8. The number of carbonyl (C=O) groups excluding carboxylic acids is 1. The van der Waals surface area contributed by atoms with Crippen LogP contribution in [0.1, 0.15) is 16.8 Å². The molecular weight excluding hydrogens is 250 g/mol. The molecule has 0 aliphatic carbocycles. The molecule has 7 nitrogen and oxygen atoms in total. The zero-order valence-electron chi connectivity index (χ0n) is 10.8. The minimum absolute atomic E-state index is 0.0588. The van der Waals surface area contributed by atoms with Gasteiger partial charge >= 0.3 is 0 Å². The summed E-state index contributed by atoms with van der Waals surface area (Å²) in [5.41, 5.74) is 5.71. The smallest absolute Gasteiger partial charge is 0.251 e. The molecule has 0 aliphatic heterocycles. The van der Waals surface area contributed by atoms with Gasteiger partial charge in [-0.1, -0.05) is 5.16 Å². The van der Waals surface area contributed by atoms with Crippen LogP contribution in [-0.4, -0.2) is 37.7 Å². The third-order valence-corrected chi connectivity index (χ3v) is 2.41. The first-order valence-electron chi connectivity index (χ1n) is 5.58. The molecule has 7 heteroatoms. The molecule has 104 valence electrons. The average Bonchev–Trinajstić information content (AvgIpc) is 2.46. The third-order valence-electron chi connectivity index (χ3n) is 2.41. The van der Waals surface area contributed by atoms with Crippen molar-refractivity contribution in [1.82, 2.24) is 5.32 Å². The highest BCUT2D eigenvalue weighted by Gasteiger charge is 2.09. The molecule has 0 aromatic heterocycles. The number of ether oxygens (including phenoxy) is 2. The molecule has 0 saturated heterocycles. The number of nitrogens with one attached hydrogen (secondary N) is 1. The van der Waals surface area contributed by atoms with Gasteiger partial charge in [0.2, 0.25) is 0 Å². The number of amidine groups is 1. The molecule has 0 fully saturated rings. The van der Waals surface area contributed by atoms with E-state index in [2.05, 4.69) is 10.5 Å². The van der Waals surface area contributed by atoms with Crippen molar-refractivity contribution in [3.63, 3.8) is 0 Å². The summed E-state index contributed by atoms with van der Waals surface area (Å²) < 4.78 is 10.2. The first-order valence-corrected chi connectivity index (χ1v) is 5.58. The van der Waals surface area contributed by atoms with E-state index in [0.29, 0.717) is 17.1 Å². The van der Waals surface area contributed by atoms with Crippen LogP contribution in [0, 0.1) is 0 Å². The van der Waals surface area contributed by atoms with Gasteiger partial charge in [0.15, 0.2) is 0 Å². The van der Waals surface area contributed by atoms with E-state index < -0.39 is 0 Å². The summed E-state index contributed by atoms with van der Waals surface area (Å²) in [6, 6.07) is 4.87. The van der Waals surface area contributed by atoms with Crippen LogP contribution in [0.2, 0.25) is 0 Å². The number of carbonyl (C=O) groups is 1. The molecule has 1 aromatic rings. The molecule has 1 aromatic carbocycles. The van der Waals surface area contributed by atoms with Crippen molar-refractivity contribution >= 4 is 11.7 Å². The van der Waals surface area contributed by atoms with Crippen LogP contribution in [-0.2, 0) is 0 Å². The second-order valence-electron chi connectivity index (χ2n) is 3.70. The van der Waals surface area contributed by atoms with Crippen LogP contribution < -0.4 is 20.5 Å². The minimum Gasteiger partial charge on any atom is -0.497 e. The lowest BCUT2D eigenvalue weighted by Crippen LogP contribution is -2.28. The molecule has 0 heterocycles. The Balaban J connectivity index is 2.70. The molecule has 4 N–H and O–H groups in total. The first-order chi connectivity index (χ1) is 9.10. The highest BCUT2D eigenvalue weighted by Crippen LogP contribution is 2.22. The monoisotopic (exact) mass is 267 g/mol. The van der Waals surface area contributed by atoms with Crippen LogP contribution in [0.3, 0.4) is 0 Å². The lowest BCUT2D eigenvalue weighted by atomic mass is 10.2. The Hall–Kier alpha value is -2.44. The number of benzene rings is 1. The van der Waals surface area contributed by atoms with Crippen LogP contribution >= 0.6 is 0 Å². The lowest BCUT2D eigenvalue weighted by Gasteiger charge is -2.09. The molecule has 0 radical (unpaired) electrons. The van der Waals surface area contributed by atoms with Crippen LogP contribution in [0.5, 0.6) is 11.5 Å². The number of amides is 1. The summed E-state index contributed by atoms with van der Waals surface area (Å²) in [7, 11) is 3.02. The van der Waals surface area contributed by atoms with E-state index in [1.165, 1.54) is 14.2 Å². The van der Waals surface area contributed by atoms with Gasteiger partial charge in [-0.3, -0.25) is 4.79 Å². The van der Waals surface area contributed by atoms with E-state index in [9.17, 15) is 4.79 Å². The predicted molar refractivity (Wildman–Crippen MR) is 69.9 cm³/mol. The summed E-state index contributed by atoms with van der Waals surface area (Å²) in [5.74, 6) is 0.827. The van der Waals surface area contributed by atoms with E-state index in [1.807, 2.05) is 0 Å². The Morgan fingerprint density at radius 3 is 2.37 bits per heavy atom. The largest absolute Gasteiger partial charge is 0.497 e. The summed E-state index contributed by atoms with van der Waals surface area (Å²) >= 11 is 0. The molecule has 0 aliphatic rings. The quantitative estimate of drug-likeness (QED) is 0.302. The maximum absolute atomic E-state index is 11.9. The third kappa shape index (κ3) is 4.38. The fourth-order valence-electron chi connectivity index (χ4n) is 1.39. The van der Waals surface area contributed by atoms with Gasteiger partial charge in [0.05, 0.1) is 14.2 Å². The standard InChI is InChI=1S/C12H17N3O4/c1-18-9-5-8(6-10(7-9)19-2)12(16)14-4-3-11(13)15-17/h5-7,17H,3-4H2,1-2H3,(H2,13,15)(H,14,16). The lowest BCUT2D eigenvalue weighted by molar-refractivity contribution is 0.0954. The van der Waals surface area contributed by atoms with Crippen LogP contribution in [0.4, 0.5) is 0 Å². The fraction of sp³-hybridized carbons (Fsp3) is 0.333. The Bertz CT molecular complexity index is 452. The van der Waals surface area contributed by atoms with Crippen molar-refractivity contribution in [2.45, 2.75) is 6.42 Å². The Morgan fingerprint density at radius 2 is 1.89 bits per heavy atom. The van der Waals surface area contributed by atoms with Gasteiger partial charge in [-0.25, -0.2) is 0 Å². The highest BCUT2D eigenvalue weighted by molar-refractivity contribution is 5.95. The zero-order chi connectivity index (χ0) is 14.3. The predicted octanol–water partition coefficient (Wildman–Crippen LogP) is 0.570. The Labute approximate surface area is 111 Å². The van der Waals surface area contributed by atoms with E-state index in [-0.39, 0.29) is 24.7 Å². The Kier molecular flexibility index (Phi) is 5.46. The number of hydrogen-bond donors (Lipinski definition) is 3. The molecule has 0 spiro atoms. The van der Waals surface area contributed by atoms with Crippen molar-refractivity contribution in [2.24, 2.45) is 10.9 Å². The number of nitrogens with zero attached hydrogens (tertiary/aromatic N) is 1. The van der Waals surface area contributed by atoms with E-state index >= 15 is 0 Å². The van der Waals surface area contributed by atoms with Crippen LogP contribution in [0.25, 0.3) is 0 Å². The van der Waals surface area contributed by atoms with Gasteiger partial charge in [0.25, 0.3) is 5.91 Å². The van der Waals surface area contributed by atoms with E-state index in [1.54, 1.807) is 18.2 Å². The normalized spacial score (nSPS) is 10.9. The fourth-order valence-corrected chi connectivity index (χ4v) is 1.39. The zero-order valence-corrected chi connectivity index (χ0v) is 10.8. The molecule has 0 bridgehead atoms. The van der Waals surface area contributed by atoms with Gasteiger partial charge in [-0.2, -0.15) is 0 Å². The van der Waals surface area contributed by atoms with Gasteiger partial charge in [0.1, 0.15) is 17.3 Å². The molecule has 0 saturated carbocycles. The van der Waals surface area contributed by atoms with Gasteiger partial charge in [-0.15, -0.1) is 0 Å². The molecular formula is C12H17N3O4. The maximum Gasteiger partial charge on any atom is 0.251 e. The number of oxime groups is 1. The molecule has 0 unspecified atom stereocenters. The van der Waals surface area contributed by atoms with Gasteiger partial charge in [-0.05, 0) is 12.1 Å². The minimum atomic E-state index is -0.289.